The first-order valence-corrected chi connectivity index (χ1v) is 12.2. The van der Waals surface area contributed by atoms with E-state index in [-0.39, 0.29) is 4.90 Å². The molecule has 9 heteroatoms. The van der Waals surface area contributed by atoms with Crippen molar-refractivity contribution in [1.82, 2.24) is 14.2 Å². The predicted octanol–water partition coefficient (Wildman–Crippen LogP) is 4.62. The van der Waals surface area contributed by atoms with Gasteiger partial charge in [-0.1, -0.05) is 35.3 Å². The maximum Gasteiger partial charge on any atom is 0.243 e. The van der Waals surface area contributed by atoms with Gasteiger partial charge in [0.05, 0.1) is 17.1 Å². The molecule has 0 unspecified atom stereocenters. The maximum absolute atomic E-state index is 12.8. The van der Waals surface area contributed by atoms with Crippen molar-refractivity contribution < 1.29 is 8.42 Å². The standard InChI is InChI=1S/C20H19Cl2N3O2S2/c21-16-3-1-15(2-4-16)19-14-28-20(23-19)13-24-9-11-25(12-10-24)29(26,27)18-7-5-17(22)6-8-18/h1-8,14H,9-13H2. The Balaban J connectivity index is 1.37. The van der Waals surface area contributed by atoms with Crippen LogP contribution >= 0.6 is 34.5 Å². The molecule has 1 fully saturated rings. The van der Waals surface area contributed by atoms with E-state index in [2.05, 4.69) is 4.90 Å². The summed E-state index contributed by atoms with van der Waals surface area (Å²) in [4.78, 5) is 7.23. The highest BCUT2D eigenvalue weighted by molar-refractivity contribution is 7.89. The lowest BCUT2D eigenvalue weighted by atomic mass is 10.2. The molecular weight excluding hydrogens is 449 g/mol. The second-order valence-electron chi connectivity index (χ2n) is 6.77. The molecule has 1 aromatic heterocycles. The number of hydrogen-bond donors (Lipinski definition) is 0. The van der Waals surface area contributed by atoms with E-state index in [1.54, 1.807) is 35.6 Å². The van der Waals surface area contributed by atoms with Crippen LogP contribution in [0.25, 0.3) is 11.3 Å². The molecule has 3 aromatic rings. The van der Waals surface area contributed by atoms with Gasteiger partial charge in [0, 0.05) is 47.2 Å². The Morgan fingerprint density at radius 2 is 1.48 bits per heavy atom. The molecule has 0 radical (unpaired) electrons. The molecule has 0 amide bonds. The van der Waals surface area contributed by atoms with Gasteiger partial charge in [0.25, 0.3) is 0 Å². The van der Waals surface area contributed by atoms with Crippen molar-refractivity contribution in [2.24, 2.45) is 0 Å². The molecule has 0 bridgehead atoms. The highest BCUT2D eigenvalue weighted by Crippen LogP contribution is 2.25. The molecule has 0 saturated carbocycles. The average molecular weight is 468 g/mol. The topological polar surface area (TPSA) is 53.5 Å². The highest BCUT2D eigenvalue weighted by atomic mass is 35.5. The van der Waals surface area contributed by atoms with E-state index in [1.165, 1.54) is 4.31 Å². The zero-order chi connectivity index (χ0) is 20.4. The zero-order valence-corrected chi connectivity index (χ0v) is 18.6. The Morgan fingerprint density at radius 3 is 2.10 bits per heavy atom. The van der Waals surface area contributed by atoms with Crippen molar-refractivity contribution in [2.45, 2.75) is 11.4 Å². The second kappa shape index (κ2) is 8.71. The molecule has 1 aliphatic heterocycles. The molecular formula is C20H19Cl2N3O2S2. The first-order valence-electron chi connectivity index (χ1n) is 9.10. The highest BCUT2D eigenvalue weighted by Gasteiger charge is 2.28. The molecule has 2 aromatic carbocycles. The van der Waals surface area contributed by atoms with Crippen molar-refractivity contribution in [2.75, 3.05) is 26.2 Å². The number of benzene rings is 2. The summed E-state index contributed by atoms with van der Waals surface area (Å²) in [5.41, 5.74) is 1.97. The Hall–Kier alpha value is -1.48. The third-order valence-corrected chi connectivity index (χ3v) is 8.08. The molecule has 5 nitrogen and oxygen atoms in total. The summed E-state index contributed by atoms with van der Waals surface area (Å²) in [7, 11) is -3.49. The molecule has 0 aliphatic carbocycles. The van der Waals surface area contributed by atoms with Crippen LogP contribution < -0.4 is 0 Å². The van der Waals surface area contributed by atoms with Gasteiger partial charge in [-0.25, -0.2) is 13.4 Å². The number of aromatic nitrogens is 1. The van der Waals surface area contributed by atoms with Gasteiger partial charge in [0.1, 0.15) is 5.01 Å². The van der Waals surface area contributed by atoms with E-state index in [1.807, 2.05) is 29.6 Å². The summed E-state index contributed by atoms with van der Waals surface area (Å²) in [5, 5.41) is 4.29. The number of rotatable bonds is 5. The number of halogens is 2. The summed E-state index contributed by atoms with van der Waals surface area (Å²) in [6.45, 7) is 2.97. The van der Waals surface area contributed by atoms with E-state index in [0.29, 0.717) is 42.8 Å². The number of nitrogens with zero attached hydrogens (tertiary/aromatic N) is 3. The summed E-state index contributed by atoms with van der Waals surface area (Å²) >= 11 is 13.4. The van der Waals surface area contributed by atoms with Gasteiger partial charge in [-0.2, -0.15) is 4.31 Å². The molecule has 1 aliphatic rings. The SMILES string of the molecule is O=S(=O)(c1ccc(Cl)cc1)N1CCN(Cc2nc(-c3ccc(Cl)cc3)cs2)CC1. The first-order chi connectivity index (χ1) is 13.9. The minimum absolute atomic E-state index is 0.280. The van der Waals surface area contributed by atoms with Crippen LogP contribution in [0.4, 0.5) is 0 Å². The number of hydrogen-bond acceptors (Lipinski definition) is 5. The molecule has 2 heterocycles. The van der Waals surface area contributed by atoms with Crippen LogP contribution in [0.1, 0.15) is 5.01 Å². The number of thiazole rings is 1. The van der Waals surface area contributed by atoms with Crippen molar-refractivity contribution in [3.8, 4) is 11.3 Å². The van der Waals surface area contributed by atoms with Gasteiger partial charge in [-0.05, 0) is 36.4 Å². The maximum atomic E-state index is 12.8. The van der Waals surface area contributed by atoms with Crippen molar-refractivity contribution in [3.05, 3.63) is 69.0 Å². The largest absolute Gasteiger partial charge is 0.294 e. The van der Waals surface area contributed by atoms with E-state index in [0.717, 1.165) is 16.3 Å². The van der Waals surface area contributed by atoms with Crippen LogP contribution in [0.15, 0.2) is 58.8 Å². The predicted molar refractivity (Wildman–Crippen MR) is 118 cm³/mol. The van der Waals surface area contributed by atoms with E-state index >= 15 is 0 Å². The Bertz CT molecular complexity index is 1080. The van der Waals surface area contributed by atoms with Crippen LogP contribution in [0.3, 0.4) is 0 Å². The van der Waals surface area contributed by atoms with E-state index in [4.69, 9.17) is 28.2 Å². The quantitative estimate of drug-likeness (QED) is 0.548. The first kappa shape index (κ1) is 20.8. The van der Waals surface area contributed by atoms with Crippen molar-refractivity contribution in [1.29, 1.82) is 0 Å². The van der Waals surface area contributed by atoms with Crippen molar-refractivity contribution in [3.63, 3.8) is 0 Å². The molecule has 0 N–H and O–H groups in total. The lowest BCUT2D eigenvalue weighted by molar-refractivity contribution is 0.181. The molecule has 29 heavy (non-hydrogen) atoms. The van der Waals surface area contributed by atoms with Crippen LogP contribution in [-0.4, -0.2) is 48.8 Å². The van der Waals surface area contributed by atoms with Crippen LogP contribution in [0.5, 0.6) is 0 Å². The number of piperazine rings is 1. The molecule has 4 rings (SSSR count). The third-order valence-electron chi connectivity index (χ3n) is 4.83. The lowest BCUT2D eigenvalue weighted by Gasteiger charge is -2.33. The van der Waals surface area contributed by atoms with Gasteiger partial charge in [0.2, 0.25) is 10.0 Å². The normalized spacial score (nSPS) is 16.2. The van der Waals surface area contributed by atoms with Gasteiger partial charge in [-0.3, -0.25) is 4.90 Å². The summed E-state index contributed by atoms with van der Waals surface area (Å²) in [6.07, 6.45) is 0. The monoisotopic (exact) mass is 467 g/mol. The minimum Gasteiger partial charge on any atom is -0.294 e. The molecule has 152 valence electrons. The summed E-state index contributed by atoms with van der Waals surface area (Å²) < 4.78 is 27.1. The van der Waals surface area contributed by atoms with Crippen LogP contribution in [0.2, 0.25) is 10.0 Å². The zero-order valence-electron chi connectivity index (χ0n) is 15.5. The van der Waals surface area contributed by atoms with Gasteiger partial charge < -0.3 is 0 Å². The van der Waals surface area contributed by atoms with Gasteiger partial charge in [-0.15, -0.1) is 11.3 Å². The fraction of sp³-hybridized carbons (Fsp3) is 0.250. The smallest absolute Gasteiger partial charge is 0.243 e. The molecule has 0 spiro atoms. The van der Waals surface area contributed by atoms with Crippen LogP contribution in [0, 0.1) is 0 Å². The number of sulfonamides is 1. The van der Waals surface area contributed by atoms with E-state index in [9.17, 15) is 8.42 Å². The molecule has 0 atom stereocenters. The average Bonchev–Trinajstić information content (AvgIpc) is 3.18. The minimum atomic E-state index is -3.49. The summed E-state index contributed by atoms with van der Waals surface area (Å²) in [6, 6.07) is 13.9. The lowest BCUT2D eigenvalue weighted by Crippen LogP contribution is -2.48. The summed E-state index contributed by atoms with van der Waals surface area (Å²) in [5.74, 6) is 0. The van der Waals surface area contributed by atoms with Crippen LogP contribution in [-0.2, 0) is 16.6 Å². The van der Waals surface area contributed by atoms with Gasteiger partial charge >= 0.3 is 0 Å². The van der Waals surface area contributed by atoms with Gasteiger partial charge in [0.15, 0.2) is 0 Å². The Kier molecular flexibility index (Phi) is 6.24. The Morgan fingerprint density at radius 1 is 0.897 bits per heavy atom. The van der Waals surface area contributed by atoms with Crippen molar-refractivity contribution >= 4 is 44.6 Å². The second-order valence-corrected chi connectivity index (χ2v) is 10.5. The van der Waals surface area contributed by atoms with E-state index < -0.39 is 10.0 Å². The fourth-order valence-electron chi connectivity index (χ4n) is 3.21. The fourth-order valence-corrected chi connectivity index (χ4v) is 5.73. The molecule has 1 saturated heterocycles. The third kappa shape index (κ3) is 4.82. The Labute approximate surface area is 184 Å².